The molecule has 0 saturated carbocycles. The standard InChI is InChI=1S/C15H10N2S2/c1-10-3-2-4-11(7-10)15-17-13-6-5-12(16-9-18)8-14(13)19-15/h2-8H,1H3. The van der Waals surface area contributed by atoms with Crippen molar-refractivity contribution in [1.29, 1.82) is 0 Å². The smallest absolute Gasteiger partial charge is 0.124 e. The number of rotatable bonds is 2. The third-order valence-electron chi connectivity index (χ3n) is 2.81. The van der Waals surface area contributed by atoms with Crippen LogP contribution >= 0.6 is 23.6 Å². The molecule has 1 heterocycles. The molecule has 0 amide bonds. The van der Waals surface area contributed by atoms with Crippen molar-refractivity contribution in [3.63, 3.8) is 0 Å². The molecule has 19 heavy (non-hydrogen) atoms. The predicted octanol–water partition coefficient (Wildman–Crippen LogP) is 5.01. The molecule has 0 bridgehead atoms. The van der Waals surface area contributed by atoms with E-state index in [4.69, 9.17) is 0 Å². The average molecular weight is 282 g/mol. The van der Waals surface area contributed by atoms with E-state index in [1.54, 1.807) is 11.3 Å². The molecule has 0 radical (unpaired) electrons. The first-order valence-corrected chi connectivity index (χ1v) is 7.04. The lowest BCUT2D eigenvalue weighted by molar-refractivity contribution is 1.43. The van der Waals surface area contributed by atoms with Crippen molar-refractivity contribution in [3.05, 3.63) is 48.0 Å². The molecule has 0 unspecified atom stereocenters. The second-order valence-electron chi connectivity index (χ2n) is 4.24. The van der Waals surface area contributed by atoms with Crippen LogP contribution in [0, 0.1) is 6.92 Å². The lowest BCUT2D eigenvalue weighted by atomic mass is 10.1. The minimum atomic E-state index is 0.821. The van der Waals surface area contributed by atoms with Gasteiger partial charge >= 0.3 is 0 Å². The van der Waals surface area contributed by atoms with Crippen LogP contribution in [0.15, 0.2) is 47.5 Å². The summed E-state index contributed by atoms with van der Waals surface area (Å²) in [5, 5.41) is 3.42. The normalized spacial score (nSPS) is 10.4. The molecule has 1 aromatic heterocycles. The summed E-state index contributed by atoms with van der Waals surface area (Å²) in [6.45, 7) is 2.09. The van der Waals surface area contributed by atoms with E-state index >= 15 is 0 Å². The predicted molar refractivity (Wildman–Crippen MR) is 84.5 cm³/mol. The Balaban J connectivity index is 2.13. The molecule has 0 aliphatic heterocycles. The highest BCUT2D eigenvalue weighted by molar-refractivity contribution is 7.78. The van der Waals surface area contributed by atoms with Crippen molar-refractivity contribution in [1.82, 2.24) is 4.98 Å². The van der Waals surface area contributed by atoms with E-state index in [0.717, 1.165) is 26.5 Å². The van der Waals surface area contributed by atoms with Gasteiger partial charge in [-0.25, -0.2) is 4.98 Å². The molecule has 4 heteroatoms. The third-order valence-corrected chi connectivity index (χ3v) is 3.97. The van der Waals surface area contributed by atoms with Crippen LogP contribution in [-0.4, -0.2) is 10.1 Å². The molecule has 0 aliphatic rings. The van der Waals surface area contributed by atoms with Gasteiger partial charge in [-0.1, -0.05) is 23.8 Å². The van der Waals surface area contributed by atoms with Crippen LogP contribution in [0.1, 0.15) is 5.56 Å². The second-order valence-corrected chi connectivity index (χ2v) is 5.46. The maximum atomic E-state index is 4.66. The molecule has 3 rings (SSSR count). The van der Waals surface area contributed by atoms with Gasteiger partial charge in [0.05, 0.1) is 21.1 Å². The fourth-order valence-corrected chi connectivity index (χ4v) is 3.04. The first-order chi connectivity index (χ1) is 9.26. The highest BCUT2D eigenvalue weighted by Gasteiger charge is 2.06. The van der Waals surface area contributed by atoms with Crippen molar-refractivity contribution in [2.45, 2.75) is 6.92 Å². The zero-order chi connectivity index (χ0) is 13.2. The summed E-state index contributed by atoms with van der Waals surface area (Å²) in [5.41, 5.74) is 4.20. The number of thiazole rings is 1. The third kappa shape index (κ3) is 2.47. The van der Waals surface area contributed by atoms with Gasteiger partial charge in [-0.3, -0.25) is 0 Å². The molecule has 92 valence electrons. The number of thiocarbonyl (C=S) groups is 1. The number of aliphatic imine (C=N–C) groups is 1. The molecule has 3 aromatic rings. The van der Waals surface area contributed by atoms with Crippen LogP contribution in [0.4, 0.5) is 5.69 Å². The lowest BCUT2D eigenvalue weighted by Gasteiger charge is -1.96. The topological polar surface area (TPSA) is 25.2 Å². The number of benzene rings is 2. The largest absolute Gasteiger partial charge is 0.236 e. The van der Waals surface area contributed by atoms with Crippen molar-refractivity contribution in [2.24, 2.45) is 4.99 Å². The summed E-state index contributed by atoms with van der Waals surface area (Å²) in [4.78, 5) is 8.65. The summed E-state index contributed by atoms with van der Waals surface area (Å²) in [7, 11) is 0. The summed E-state index contributed by atoms with van der Waals surface area (Å²) in [6, 6.07) is 14.2. The Labute approximate surface area is 120 Å². The Morgan fingerprint density at radius 3 is 2.89 bits per heavy atom. The lowest BCUT2D eigenvalue weighted by Crippen LogP contribution is -1.77. The summed E-state index contributed by atoms with van der Waals surface area (Å²) in [5.74, 6) is 0. The zero-order valence-electron chi connectivity index (χ0n) is 10.3. The minimum Gasteiger partial charge on any atom is -0.236 e. The maximum Gasteiger partial charge on any atom is 0.124 e. The molecule has 0 aliphatic carbocycles. The Morgan fingerprint density at radius 1 is 1.21 bits per heavy atom. The number of aromatic nitrogens is 1. The quantitative estimate of drug-likeness (QED) is 0.488. The van der Waals surface area contributed by atoms with Gasteiger partial charge in [0.25, 0.3) is 0 Å². The highest BCUT2D eigenvalue weighted by atomic mass is 32.1. The van der Waals surface area contributed by atoms with Crippen molar-refractivity contribution in [2.75, 3.05) is 0 Å². The first-order valence-electron chi connectivity index (χ1n) is 5.82. The van der Waals surface area contributed by atoms with Gasteiger partial charge in [-0.05, 0) is 43.4 Å². The van der Waals surface area contributed by atoms with Gasteiger partial charge in [0.15, 0.2) is 0 Å². The Hall–Kier alpha value is -1.87. The van der Waals surface area contributed by atoms with E-state index in [9.17, 15) is 0 Å². The van der Waals surface area contributed by atoms with Gasteiger partial charge < -0.3 is 0 Å². The van der Waals surface area contributed by atoms with Gasteiger partial charge in [0.1, 0.15) is 5.01 Å². The molecule has 0 saturated heterocycles. The van der Waals surface area contributed by atoms with Crippen LogP contribution in [0.2, 0.25) is 0 Å². The summed E-state index contributed by atoms with van der Waals surface area (Å²) in [6.07, 6.45) is 0. The van der Waals surface area contributed by atoms with Crippen LogP contribution < -0.4 is 0 Å². The van der Waals surface area contributed by atoms with E-state index < -0.39 is 0 Å². The van der Waals surface area contributed by atoms with Crippen molar-refractivity contribution in [3.8, 4) is 10.6 Å². The highest BCUT2D eigenvalue weighted by Crippen LogP contribution is 2.32. The molecule has 2 aromatic carbocycles. The van der Waals surface area contributed by atoms with Crippen LogP contribution in [0.3, 0.4) is 0 Å². The number of fused-ring (bicyclic) bond motifs is 1. The molecule has 2 nitrogen and oxygen atoms in total. The van der Waals surface area contributed by atoms with Gasteiger partial charge in [-0.2, -0.15) is 4.99 Å². The Kier molecular flexibility index (Phi) is 3.22. The second kappa shape index (κ2) is 5.02. The van der Waals surface area contributed by atoms with E-state index in [-0.39, 0.29) is 0 Å². The van der Waals surface area contributed by atoms with Crippen LogP contribution in [-0.2, 0) is 0 Å². The Bertz CT molecular complexity index is 799. The summed E-state index contributed by atoms with van der Waals surface area (Å²) < 4.78 is 1.11. The maximum absolute atomic E-state index is 4.66. The first kappa shape index (κ1) is 12.2. The van der Waals surface area contributed by atoms with E-state index in [2.05, 4.69) is 58.5 Å². The number of hydrogen-bond donors (Lipinski definition) is 0. The molecular formula is C15H10N2S2. The fourth-order valence-electron chi connectivity index (χ4n) is 1.94. The molecular weight excluding hydrogens is 272 g/mol. The number of aryl methyl sites for hydroxylation is 1. The Morgan fingerprint density at radius 2 is 2.11 bits per heavy atom. The molecule has 0 atom stereocenters. The fraction of sp³-hybridized carbons (Fsp3) is 0.0667. The zero-order valence-corrected chi connectivity index (χ0v) is 11.9. The molecule has 0 spiro atoms. The van der Waals surface area contributed by atoms with Gasteiger partial charge in [0.2, 0.25) is 0 Å². The van der Waals surface area contributed by atoms with Crippen molar-refractivity contribution >= 4 is 44.6 Å². The molecule has 0 N–H and O–H groups in total. The number of hydrogen-bond acceptors (Lipinski definition) is 4. The van der Waals surface area contributed by atoms with Crippen molar-refractivity contribution < 1.29 is 0 Å². The van der Waals surface area contributed by atoms with E-state index in [1.165, 1.54) is 5.56 Å². The number of isothiocyanates is 1. The van der Waals surface area contributed by atoms with Gasteiger partial charge in [0, 0.05) is 5.56 Å². The van der Waals surface area contributed by atoms with Gasteiger partial charge in [-0.15, -0.1) is 11.3 Å². The minimum absolute atomic E-state index is 0.821. The summed E-state index contributed by atoms with van der Waals surface area (Å²) >= 11 is 6.29. The molecule has 0 fully saturated rings. The van der Waals surface area contributed by atoms with E-state index in [0.29, 0.717) is 0 Å². The van der Waals surface area contributed by atoms with E-state index in [1.807, 2.05) is 18.2 Å². The number of nitrogens with zero attached hydrogens (tertiary/aromatic N) is 2. The van der Waals surface area contributed by atoms with Crippen LogP contribution in [0.25, 0.3) is 20.8 Å². The monoisotopic (exact) mass is 282 g/mol. The SMILES string of the molecule is Cc1cccc(-c2nc3ccc(N=C=S)cc3s2)c1. The average Bonchev–Trinajstić information content (AvgIpc) is 2.82. The van der Waals surface area contributed by atoms with Crippen LogP contribution in [0.5, 0.6) is 0 Å².